The summed E-state index contributed by atoms with van der Waals surface area (Å²) in [5, 5.41) is 0.410. The molecule has 0 spiro atoms. The number of hydrogen-bond acceptors (Lipinski definition) is 3. The van der Waals surface area contributed by atoms with Crippen LogP contribution in [0.2, 0.25) is 5.02 Å². The molecule has 2 N–H and O–H groups in total. The molecule has 102 valence electrons. The molecule has 0 bridgehead atoms. The molecule has 0 aliphatic rings. The number of rotatable bonds is 5. The molecule has 0 unspecified atom stereocenters. The quantitative estimate of drug-likeness (QED) is 0.848. The standard InChI is InChI=1S/C12H19ClN2O2S/c1-4-6-15(5-2)18(16,17)10-7-9(3)12(13)11(14)8-10/h7-8H,4-6,14H2,1-3H3. The Bertz CT molecular complexity index is 506. The summed E-state index contributed by atoms with van der Waals surface area (Å²) < 4.78 is 26.2. The number of nitrogens with zero attached hydrogens (tertiary/aromatic N) is 1. The van der Waals surface area contributed by atoms with E-state index in [1.807, 2.05) is 13.8 Å². The zero-order chi connectivity index (χ0) is 13.9. The molecule has 0 aliphatic heterocycles. The van der Waals surface area contributed by atoms with Gasteiger partial charge in [-0.15, -0.1) is 0 Å². The van der Waals surface area contributed by atoms with Gasteiger partial charge in [0.05, 0.1) is 15.6 Å². The van der Waals surface area contributed by atoms with E-state index in [-0.39, 0.29) is 4.90 Å². The Morgan fingerprint density at radius 1 is 1.33 bits per heavy atom. The maximum absolute atomic E-state index is 12.4. The molecule has 0 aromatic heterocycles. The minimum Gasteiger partial charge on any atom is -0.397 e. The summed E-state index contributed by atoms with van der Waals surface area (Å²) in [6.07, 6.45) is 0.773. The second kappa shape index (κ2) is 5.91. The predicted molar refractivity (Wildman–Crippen MR) is 75.3 cm³/mol. The molecular weight excluding hydrogens is 272 g/mol. The summed E-state index contributed by atoms with van der Waals surface area (Å²) in [5.74, 6) is 0. The third kappa shape index (κ3) is 2.96. The van der Waals surface area contributed by atoms with Crippen molar-refractivity contribution in [3.8, 4) is 0 Å². The summed E-state index contributed by atoms with van der Waals surface area (Å²) in [6, 6.07) is 2.98. The van der Waals surface area contributed by atoms with Gasteiger partial charge in [0.1, 0.15) is 0 Å². The van der Waals surface area contributed by atoms with Crippen LogP contribution in [-0.4, -0.2) is 25.8 Å². The smallest absolute Gasteiger partial charge is 0.243 e. The van der Waals surface area contributed by atoms with Gasteiger partial charge in [0.15, 0.2) is 0 Å². The largest absolute Gasteiger partial charge is 0.397 e. The molecule has 1 aromatic rings. The van der Waals surface area contributed by atoms with E-state index in [1.165, 1.54) is 10.4 Å². The van der Waals surface area contributed by atoms with Crippen LogP contribution >= 0.6 is 11.6 Å². The monoisotopic (exact) mass is 290 g/mol. The fraction of sp³-hybridized carbons (Fsp3) is 0.500. The fourth-order valence-corrected chi connectivity index (χ4v) is 3.53. The van der Waals surface area contributed by atoms with Gasteiger partial charge in [-0.2, -0.15) is 4.31 Å². The van der Waals surface area contributed by atoms with E-state index in [0.29, 0.717) is 29.4 Å². The van der Waals surface area contributed by atoms with Crippen molar-refractivity contribution in [2.24, 2.45) is 0 Å². The van der Waals surface area contributed by atoms with E-state index >= 15 is 0 Å². The average molecular weight is 291 g/mol. The van der Waals surface area contributed by atoms with Crippen LogP contribution in [0.3, 0.4) is 0 Å². The molecule has 0 atom stereocenters. The molecule has 1 rings (SSSR count). The van der Waals surface area contributed by atoms with Crippen LogP contribution in [-0.2, 0) is 10.0 Å². The molecule has 4 nitrogen and oxygen atoms in total. The van der Waals surface area contributed by atoms with Crippen molar-refractivity contribution < 1.29 is 8.42 Å². The Kier molecular flexibility index (Phi) is 5.01. The molecule has 0 saturated carbocycles. The van der Waals surface area contributed by atoms with Crippen molar-refractivity contribution in [2.45, 2.75) is 32.1 Å². The third-order valence-electron chi connectivity index (χ3n) is 2.72. The van der Waals surface area contributed by atoms with E-state index in [9.17, 15) is 8.42 Å². The van der Waals surface area contributed by atoms with E-state index < -0.39 is 10.0 Å². The zero-order valence-corrected chi connectivity index (χ0v) is 12.5. The average Bonchev–Trinajstić information content (AvgIpc) is 2.31. The normalized spacial score (nSPS) is 12.1. The van der Waals surface area contributed by atoms with Crippen LogP contribution in [0.15, 0.2) is 17.0 Å². The second-order valence-corrected chi connectivity index (χ2v) is 6.46. The molecule has 0 saturated heterocycles. The van der Waals surface area contributed by atoms with E-state index in [2.05, 4.69) is 0 Å². The molecule has 0 heterocycles. The van der Waals surface area contributed by atoms with Crippen LogP contribution in [0.5, 0.6) is 0 Å². The van der Waals surface area contributed by atoms with Gasteiger partial charge in [0, 0.05) is 13.1 Å². The molecule has 0 radical (unpaired) electrons. The molecule has 6 heteroatoms. The number of nitrogen functional groups attached to an aromatic ring is 1. The Morgan fingerprint density at radius 3 is 2.39 bits per heavy atom. The molecular formula is C12H19ClN2O2S. The Morgan fingerprint density at radius 2 is 1.94 bits per heavy atom. The number of aryl methyl sites for hydroxylation is 1. The number of halogens is 1. The van der Waals surface area contributed by atoms with Crippen molar-refractivity contribution in [1.29, 1.82) is 0 Å². The number of sulfonamides is 1. The maximum atomic E-state index is 12.4. The topological polar surface area (TPSA) is 63.4 Å². The lowest BCUT2D eigenvalue weighted by molar-refractivity contribution is 0.427. The van der Waals surface area contributed by atoms with Gasteiger partial charge >= 0.3 is 0 Å². The van der Waals surface area contributed by atoms with Crippen LogP contribution in [0.1, 0.15) is 25.8 Å². The predicted octanol–water partition coefficient (Wildman–Crippen LogP) is 2.65. The fourth-order valence-electron chi connectivity index (χ4n) is 1.76. The van der Waals surface area contributed by atoms with Crippen LogP contribution in [0, 0.1) is 6.92 Å². The second-order valence-electron chi connectivity index (χ2n) is 4.14. The molecule has 1 aromatic carbocycles. The Labute approximate surface area is 114 Å². The Hall–Kier alpha value is -0.780. The van der Waals surface area contributed by atoms with Crippen LogP contribution in [0.4, 0.5) is 5.69 Å². The lowest BCUT2D eigenvalue weighted by Crippen LogP contribution is -2.31. The first-order chi connectivity index (χ1) is 8.34. The van der Waals surface area contributed by atoms with E-state index in [4.69, 9.17) is 17.3 Å². The first-order valence-electron chi connectivity index (χ1n) is 5.90. The van der Waals surface area contributed by atoms with Crippen molar-refractivity contribution in [3.05, 3.63) is 22.7 Å². The highest BCUT2D eigenvalue weighted by molar-refractivity contribution is 7.89. The van der Waals surface area contributed by atoms with E-state index in [0.717, 1.165) is 6.42 Å². The number of benzene rings is 1. The van der Waals surface area contributed by atoms with Gasteiger partial charge in [0.2, 0.25) is 10.0 Å². The van der Waals surface area contributed by atoms with Crippen molar-refractivity contribution >= 4 is 27.3 Å². The van der Waals surface area contributed by atoms with E-state index in [1.54, 1.807) is 13.0 Å². The summed E-state index contributed by atoms with van der Waals surface area (Å²) in [4.78, 5) is 0.206. The number of anilines is 1. The van der Waals surface area contributed by atoms with Gasteiger partial charge < -0.3 is 5.73 Å². The van der Waals surface area contributed by atoms with Crippen molar-refractivity contribution in [2.75, 3.05) is 18.8 Å². The summed E-state index contributed by atoms with van der Waals surface area (Å²) in [6.45, 7) is 6.45. The summed E-state index contributed by atoms with van der Waals surface area (Å²) in [5.41, 5.74) is 6.68. The molecule has 0 fully saturated rings. The lowest BCUT2D eigenvalue weighted by atomic mass is 10.2. The first-order valence-corrected chi connectivity index (χ1v) is 7.72. The van der Waals surface area contributed by atoms with Gasteiger partial charge in [0.25, 0.3) is 0 Å². The van der Waals surface area contributed by atoms with Crippen molar-refractivity contribution in [1.82, 2.24) is 4.31 Å². The molecule has 0 aliphatic carbocycles. The van der Waals surface area contributed by atoms with Crippen molar-refractivity contribution in [3.63, 3.8) is 0 Å². The highest BCUT2D eigenvalue weighted by Gasteiger charge is 2.23. The zero-order valence-electron chi connectivity index (χ0n) is 10.9. The Balaban J connectivity index is 3.28. The third-order valence-corrected chi connectivity index (χ3v) is 5.19. The number of nitrogens with two attached hydrogens (primary N) is 1. The van der Waals surface area contributed by atoms with Crippen LogP contribution in [0.25, 0.3) is 0 Å². The highest BCUT2D eigenvalue weighted by atomic mass is 35.5. The lowest BCUT2D eigenvalue weighted by Gasteiger charge is -2.20. The molecule has 0 amide bonds. The number of hydrogen-bond donors (Lipinski definition) is 1. The van der Waals surface area contributed by atoms with Gasteiger partial charge in [-0.1, -0.05) is 25.4 Å². The van der Waals surface area contributed by atoms with Crippen LogP contribution < -0.4 is 5.73 Å². The maximum Gasteiger partial charge on any atom is 0.243 e. The SMILES string of the molecule is CCCN(CC)S(=O)(=O)c1cc(C)c(Cl)c(N)c1. The molecule has 18 heavy (non-hydrogen) atoms. The minimum atomic E-state index is -3.48. The van der Waals surface area contributed by atoms with Gasteiger partial charge in [-0.05, 0) is 31.0 Å². The highest BCUT2D eigenvalue weighted by Crippen LogP contribution is 2.28. The summed E-state index contributed by atoms with van der Waals surface area (Å²) in [7, 11) is -3.48. The van der Waals surface area contributed by atoms with Gasteiger partial charge in [-0.3, -0.25) is 0 Å². The minimum absolute atomic E-state index is 0.206. The first kappa shape index (κ1) is 15.3. The summed E-state index contributed by atoms with van der Waals surface area (Å²) >= 11 is 5.94. The van der Waals surface area contributed by atoms with Gasteiger partial charge in [-0.25, -0.2) is 8.42 Å².